The molecule has 0 spiro atoms. The van der Waals surface area contributed by atoms with E-state index in [0.29, 0.717) is 28.6 Å². The summed E-state index contributed by atoms with van der Waals surface area (Å²) in [6.45, 7) is 6.38. The predicted octanol–water partition coefficient (Wildman–Crippen LogP) is 1.89. The number of β-lactam (4-membered cyclic amide) rings is 1. The van der Waals surface area contributed by atoms with Gasteiger partial charge in [0.05, 0.1) is 16.7 Å². The molecular formula is C21H26N4O6S2. The van der Waals surface area contributed by atoms with E-state index in [1.165, 1.54) is 28.0 Å². The first-order valence-corrected chi connectivity index (χ1v) is 12.2. The van der Waals surface area contributed by atoms with Crippen LogP contribution in [0.5, 0.6) is 0 Å². The zero-order chi connectivity index (χ0) is 24.3. The summed E-state index contributed by atoms with van der Waals surface area (Å²) < 4.78 is 9.97. The molecular weight excluding hydrogens is 468 g/mol. The lowest BCUT2D eigenvalue weighted by atomic mass is 9.98. The number of nitrogens with one attached hydrogen (secondary N) is 1. The van der Waals surface area contributed by atoms with Crippen LogP contribution in [0.4, 0.5) is 5.13 Å². The molecule has 12 heteroatoms. The maximum Gasteiger partial charge on any atom is 0.357 e. The van der Waals surface area contributed by atoms with Crippen LogP contribution in [0.1, 0.15) is 39.8 Å². The van der Waals surface area contributed by atoms with Gasteiger partial charge in [0.1, 0.15) is 17.1 Å². The molecule has 1 aromatic heterocycles. The summed E-state index contributed by atoms with van der Waals surface area (Å²) in [4.78, 5) is 55.4. The molecule has 0 bridgehead atoms. The van der Waals surface area contributed by atoms with Crippen LogP contribution in [-0.2, 0) is 28.7 Å². The number of nitrogens with two attached hydrogens (primary N) is 1. The number of fused-ring (bicyclic) bond motifs is 1. The van der Waals surface area contributed by atoms with Crippen molar-refractivity contribution in [3.05, 3.63) is 28.9 Å². The van der Waals surface area contributed by atoms with Gasteiger partial charge in [-0.25, -0.2) is 9.78 Å². The van der Waals surface area contributed by atoms with Crippen molar-refractivity contribution in [2.75, 3.05) is 18.3 Å². The van der Waals surface area contributed by atoms with Crippen molar-refractivity contribution >= 4 is 57.6 Å². The minimum Gasteiger partial charge on any atom is -0.427 e. The van der Waals surface area contributed by atoms with Crippen LogP contribution in [0, 0.1) is 5.41 Å². The Balaban J connectivity index is 1.61. The molecule has 1 fully saturated rings. The molecule has 33 heavy (non-hydrogen) atoms. The Kier molecular flexibility index (Phi) is 7.48. The van der Waals surface area contributed by atoms with Gasteiger partial charge in [-0.3, -0.25) is 19.3 Å². The number of anilines is 1. The highest BCUT2D eigenvalue weighted by Crippen LogP contribution is 2.38. The molecule has 0 radical (unpaired) electrons. The number of allylic oxidation sites excluding steroid dienone is 1. The Morgan fingerprint density at radius 3 is 2.67 bits per heavy atom. The van der Waals surface area contributed by atoms with Crippen molar-refractivity contribution in [2.45, 2.75) is 45.5 Å². The SMILES string of the molecule is CC/C=C(\C(=O)N[C@@H]1C(=O)N2C(C(=O)OCOC(=O)C(C)(C)C)=CCS[C@H]12)c1csc(N)n1. The van der Waals surface area contributed by atoms with Crippen molar-refractivity contribution in [3.8, 4) is 0 Å². The number of hydrogen-bond acceptors (Lipinski definition) is 10. The molecule has 3 rings (SSSR count). The number of hydrogen-bond donors (Lipinski definition) is 2. The molecule has 0 aromatic carbocycles. The van der Waals surface area contributed by atoms with E-state index in [1.54, 1.807) is 38.3 Å². The van der Waals surface area contributed by atoms with E-state index in [1.807, 2.05) is 6.92 Å². The average molecular weight is 495 g/mol. The van der Waals surface area contributed by atoms with E-state index in [9.17, 15) is 19.2 Å². The third-order valence-electron chi connectivity index (χ3n) is 4.79. The molecule has 2 amide bonds. The molecule has 178 valence electrons. The van der Waals surface area contributed by atoms with Crippen LogP contribution in [-0.4, -0.2) is 57.6 Å². The van der Waals surface area contributed by atoms with E-state index in [4.69, 9.17) is 15.2 Å². The molecule has 2 aliphatic rings. The van der Waals surface area contributed by atoms with Gasteiger partial charge >= 0.3 is 11.9 Å². The Morgan fingerprint density at radius 1 is 1.33 bits per heavy atom. The molecule has 3 N–H and O–H groups in total. The van der Waals surface area contributed by atoms with E-state index >= 15 is 0 Å². The highest BCUT2D eigenvalue weighted by atomic mass is 32.2. The molecule has 0 saturated carbocycles. The van der Waals surface area contributed by atoms with Gasteiger partial charge in [0, 0.05) is 11.1 Å². The first-order chi connectivity index (χ1) is 15.5. The van der Waals surface area contributed by atoms with Gasteiger partial charge in [-0.05, 0) is 33.3 Å². The maximum atomic E-state index is 12.9. The lowest BCUT2D eigenvalue weighted by Crippen LogP contribution is -2.70. The second-order valence-electron chi connectivity index (χ2n) is 8.30. The largest absolute Gasteiger partial charge is 0.427 e. The molecule has 2 atom stereocenters. The van der Waals surface area contributed by atoms with E-state index in [-0.39, 0.29) is 5.70 Å². The fourth-order valence-corrected chi connectivity index (χ4v) is 4.86. The molecule has 2 aliphatic heterocycles. The number of carbonyl (C=O) groups is 4. The standard InChI is InChI=1S/C21H26N4O6S2/c1-5-6-11(12-9-33-20(22)23-12)15(26)24-14-16(27)25-13(7-8-32-17(14)25)18(28)30-10-31-19(29)21(2,3)4/h6-7,9,14,17H,5,8,10H2,1-4H3,(H2,22,23)(H,24,26)/b11-6-/t14-,17-/m1/s1. The van der Waals surface area contributed by atoms with Crippen molar-refractivity contribution in [3.63, 3.8) is 0 Å². The molecule has 0 aliphatic carbocycles. The second-order valence-corrected chi connectivity index (χ2v) is 10.3. The monoisotopic (exact) mass is 494 g/mol. The van der Waals surface area contributed by atoms with E-state index in [2.05, 4.69) is 10.3 Å². The minimum atomic E-state index is -0.797. The van der Waals surface area contributed by atoms with Crippen molar-refractivity contribution in [1.29, 1.82) is 0 Å². The highest BCUT2D eigenvalue weighted by Gasteiger charge is 2.53. The number of amides is 2. The number of thiazole rings is 1. The summed E-state index contributed by atoms with van der Waals surface area (Å²) in [5.74, 6) is -1.70. The summed E-state index contributed by atoms with van der Waals surface area (Å²) >= 11 is 2.64. The van der Waals surface area contributed by atoms with Crippen LogP contribution in [0.25, 0.3) is 5.57 Å². The highest BCUT2D eigenvalue weighted by molar-refractivity contribution is 8.00. The average Bonchev–Trinajstić information content (AvgIpc) is 3.19. The Morgan fingerprint density at radius 2 is 2.06 bits per heavy atom. The molecule has 0 unspecified atom stereocenters. The van der Waals surface area contributed by atoms with Gasteiger partial charge < -0.3 is 20.5 Å². The fraction of sp³-hybridized carbons (Fsp3) is 0.476. The summed E-state index contributed by atoms with van der Waals surface area (Å²) in [6.07, 6.45) is 3.90. The quantitative estimate of drug-likeness (QED) is 0.251. The Hall–Kier alpha value is -2.86. The summed E-state index contributed by atoms with van der Waals surface area (Å²) in [5, 5.41) is 4.33. The fourth-order valence-electron chi connectivity index (χ4n) is 3.10. The maximum absolute atomic E-state index is 12.9. The van der Waals surface area contributed by atoms with Gasteiger partial charge in [-0.1, -0.05) is 13.0 Å². The zero-order valence-corrected chi connectivity index (χ0v) is 20.4. The van der Waals surface area contributed by atoms with E-state index in [0.717, 1.165) is 0 Å². The number of thioether (sulfide) groups is 1. The lowest BCUT2D eigenvalue weighted by Gasteiger charge is -2.48. The van der Waals surface area contributed by atoms with Gasteiger partial charge in [0.25, 0.3) is 11.8 Å². The number of aromatic nitrogens is 1. The number of rotatable bonds is 7. The number of carbonyl (C=O) groups excluding carboxylic acids is 4. The zero-order valence-electron chi connectivity index (χ0n) is 18.7. The minimum absolute atomic E-state index is 0.0673. The predicted molar refractivity (Wildman–Crippen MR) is 124 cm³/mol. The molecule has 1 aromatic rings. The van der Waals surface area contributed by atoms with Crippen molar-refractivity contribution in [2.24, 2.45) is 5.41 Å². The number of nitrogens with zero attached hydrogens (tertiary/aromatic N) is 2. The van der Waals surface area contributed by atoms with Crippen LogP contribution < -0.4 is 11.1 Å². The third-order valence-corrected chi connectivity index (χ3v) is 6.64. The lowest BCUT2D eigenvalue weighted by molar-refractivity contribution is -0.173. The number of nitrogen functional groups attached to an aromatic ring is 1. The van der Waals surface area contributed by atoms with Crippen LogP contribution in [0.2, 0.25) is 0 Å². The smallest absolute Gasteiger partial charge is 0.357 e. The van der Waals surface area contributed by atoms with Gasteiger partial charge in [0.2, 0.25) is 6.79 Å². The molecule has 10 nitrogen and oxygen atoms in total. The first-order valence-electron chi connectivity index (χ1n) is 10.3. The Bertz CT molecular complexity index is 1030. The van der Waals surface area contributed by atoms with Gasteiger partial charge in [-0.15, -0.1) is 23.1 Å². The van der Waals surface area contributed by atoms with Crippen LogP contribution >= 0.6 is 23.1 Å². The van der Waals surface area contributed by atoms with Crippen molar-refractivity contribution in [1.82, 2.24) is 15.2 Å². The number of esters is 2. The second kappa shape index (κ2) is 9.96. The van der Waals surface area contributed by atoms with Crippen molar-refractivity contribution < 1.29 is 28.7 Å². The van der Waals surface area contributed by atoms with Crippen LogP contribution in [0.15, 0.2) is 23.2 Å². The summed E-state index contributed by atoms with van der Waals surface area (Å²) in [5.41, 5.74) is 5.81. The first kappa shape index (κ1) is 24.8. The molecule has 3 heterocycles. The van der Waals surface area contributed by atoms with E-state index < -0.39 is 47.4 Å². The van der Waals surface area contributed by atoms with Gasteiger partial charge in [-0.2, -0.15) is 0 Å². The Labute approximate surface area is 199 Å². The normalized spacial score (nSPS) is 20.4. The summed E-state index contributed by atoms with van der Waals surface area (Å²) in [7, 11) is 0. The van der Waals surface area contributed by atoms with Gasteiger partial charge in [0.15, 0.2) is 5.13 Å². The third kappa shape index (κ3) is 5.38. The number of ether oxygens (including phenoxy) is 2. The topological polar surface area (TPSA) is 141 Å². The summed E-state index contributed by atoms with van der Waals surface area (Å²) in [6, 6.07) is -0.797. The molecule has 1 saturated heterocycles. The van der Waals surface area contributed by atoms with Crippen LogP contribution in [0.3, 0.4) is 0 Å².